The van der Waals surface area contributed by atoms with Crippen LogP contribution in [0.1, 0.15) is 24.1 Å². The first-order chi connectivity index (χ1) is 7.85. The lowest BCUT2D eigenvalue weighted by molar-refractivity contribution is 0.219. The van der Waals surface area contributed by atoms with Gasteiger partial charge in [0.2, 0.25) is 0 Å². The van der Waals surface area contributed by atoms with Gasteiger partial charge in [0.25, 0.3) is 0 Å². The summed E-state index contributed by atoms with van der Waals surface area (Å²) in [7, 11) is 3.40. The molecule has 2 rings (SSSR count). The van der Waals surface area contributed by atoms with Gasteiger partial charge in [0, 0.05) is 11.9 Å². The van der Waals surface area contributed by atoms with Gasteiger partial charge in [-0.2, -0.15) is 0 Å². The fourth-order valence-corrected chi connectivity index (χ4v) is 3.15. The fourth-order valence-electron chi connectivity index (χ4n) is 2.15. The molecule has 1 saturated heterocycles. The van der Waals surface area contributed by atoms with Crippen LogP contribution in [0.25, 0.3) is 0 Å². The second kappa shape index (κ2) is 5.55. The monoisotopic (exact) mass is 241 g/mol. The van der Waals surface area contributed by atoms with Gasteiger partial charge >= 0.3 is 0 Å². The molecule has 90 valence electrons. The largest absolute Gasteiger partial charge is 0.492 e. The van der Waals surface area contributed by atoms with Crippen LogP contribution < -0.4 is 9.47 Å². The number of hydrogen-bond donors (Lipinski definition) is 0. The highest BCUT2D eigenvalue weighted by molar-refractivity contribution is 7.10. The SMILES string of the molecule is COc1csc(CN2CCCCC2)c1OC. The maximum absolute atomic E-state index is 5.41. The highest BCUT2D eigenvalue weighted by Crippen LogP contribution is 2.37. The Labute approximate surface area is 101 Å². The predicted molar refractivity (Wildman–Crippen MR) is 66.6 cm³/mol. The zero-order valence-corrected chi connectivity index (χ0v) is 10.8. The van der Waals surface area contributed by atoms with Gasteiger partial charge in [-0.05, 0) is 25.9 Å². The summed E-state index contributed by atoms with van der Waals surface area (Å²) in [5.41, 5.74) is 0. The van der Waals surface area contributed by atoms with E-state index in [0.29, 0.717) is 0 Å². The molecule has 16 heavy (non-hydrogen) atoms. The molecule has 0 radical (unpaired) electrons. The van der Waals surface area contributed by atoms with E-state index in [2.05, 4.69) is 4.90 Å². The normalized spacial score (nSPS) is 17.4. The molecule has 1 aromatic rings. The number of thiophene rings is 1. The van der Waals surface area contributed by atoms with Crippen molar-refractivity contribution in [2.24, 2.45) is 0 Å². The van der Waals surface area contributed by atoms with Crippen LogP contribution in [-0.4, -0.2) is 32.2 Å². The summed E-state index contributed by atoms with van der Waals surface area (Å²) < 4.78 is 10.7. The van der Waals surface area contributed by atoms with E-state index < -0.39 is 0 Å². The zero-order valence-electron chi connectivity index (χ0n) is 9.99. The topological polar surface area (TPSA) is 21.7 Å². The Morgan fingerprint density at radius 2 is 1.94 bits per heavy atom. The first-order valence-corrected chi connectivity index (χ1v) is 6.64. The molecule has 2 heterocycles. The minimum Gasteiger partial charge on any atom is -0.492 e. The Hall–Kier alpha value is -0.740. The Balaban J connectivity index is 2.05. The lowest BCUT2D eigenvalue weighted by Gasteiger charge is -2.26. The van der Waals surface area contributed by atoms with Gasteiger partial charge in [0.15, 0.2) is 11.5 Å². The number of piperidine rings is 1. The summed E-state index contributed by atoms with van der Waals surface area (Å²) in [6, 6.07) is 0. The summed E-state index contributed by atoms with van der Waals surface area (Å²) in [5, 5.41) is 2.03. The van der Waals surface area contributed by atoms with Gasteiger partial charge in [0.1, 0.15) is 0 Å². The standard InChI is InChI=1S/C12H19NO2S/c1-14-10-9-16-11(12(10)15-2)8-13-6-4-3-5-7-13/h9H,3-8H2,1-2H3. The van der Waals surface area contributed by atoms with Crippen molar-refractivity contribution in [2.75, 3.05) is 27.3 Å². The summed E-state index contributed by atoms with van der Waals surface area (Å²) in [6.07, 6.45) is 4.02. The zero-order chi connectivity index (χ0) is 11.4. The van der Waals surface area contributed by atoms with Crippen molar-refractivity contribution < 1.29 is 9.47 Å². The van der Waals surface area contributed by atoms with Crippen LogP contribution in [0, 0.1) is 0 Å². The molecule has 1 aromatic heterocycles. The van der Waals surface area contributed by atoms with E-state index in [-0.39, 0.29) is 0 Å². The molecule has 0 saturated carbocycles. The molecular weight excluding hydrogens is 222 g/mol. The molecule has 0 atom stereocenters. The van der Waals surface area contributed by atoms with Crippen LogP contribution >= 0.6 is 11.3 Å². The van der Waals surface area contributed by atoms with Gasteiger partial charge in [0.05, 0.1) is 19.1 Å². The quantitative estimate of drug-likeness (QED) is 0.809. The van der Waals surface area contributed by atoms with E-state index in [0.717, 1.165) is 18.0 Å². The minimum absolute atomic E-state index is 0.861. The molecule has 0 aliphatic carbocycles. The van der Waals surface area contributed by atoms with E-state index in [1.807, 2.05) is 5.38 Å². The van der Waals surface area contributed by atoms with Gasteiger partial charge in [-0.3, -0.25) is 4.90 Å². The smallest absolute Gasteiger partial charge is 0.175 e. The van der Waals surface area contributed by atoms with Gasteiger partial charge in [-0.25, -0.2) is 0 Å². The molecule has 1 fully saturated rings. The summed E-state index contributed by atoms with van der Waals surface area (Å²) in [6.45, 7) is 3.42. The molecular formula is C12H19NO2S. The Morgan fingerprint density at radius 1 is 1.19 bits per heavy atom. The molecule has 1 aliphatic heterocycles. The van der Waals surface area contributed by atoms with E-state index in [9.17, 15) is 0 Å². The second-order valence-electron chi connectivity index (χ2n) is 4.10. The number of hydrogen-bond acceptors (Lipinski definition) is 4. The lowest BCUT2D eigenvalue weighted by atomic mass is 10.1. The van der Waals surface area contributed by atoms with E-state index in [1.165, 1.54) is 37.2 Å². The highest BCUT2D eigenvalue weighted by atomic mass is 32.1. The summed E-state index contributed by atoms with van der Waals surface area (Å²) in [5.74, 6) is 1.78. The van der Waals surface area contributed by atoms with Crippen LogP contribution in [0.3, 0.4) is 0 Å². The Kier molecular flexibility index (Phi) is 4.07. The maximum atomic E-state index is 5.41. The third kappa shape index (κ3) is 2.50. The van der Waals surface area contributed by atoms with Crippen LogP contribution in [0.15, 0.2) is 5.38 Å². The number of nitrogens with zero attached hydrogens (tertiary/aromatic N) is 1. The highest BCUT2D eigenvalue weighted by Gasteiger charge is 2.17. The Bertz CT molecular complexity index is 332. The minimum atomic E-state index is 0.861. The van der Waals surface area contributed by atoms with Crippen molar-refractivity contribution in [3.8, 4) is 11.5 Å². The Morgan fingerprint density at radius 3 is 2.56 bits per heavy atom. The number of ether oxygens (including phenoxy) is 2. The lowest BCUT2D eigenvalue weighted by Crippen LogP contribution is -2.28. The maximum Gasteiger partial charge on any atom is 0.175 e. The molecule has 0 N–H and O–H groups in total. The molecule has 0 amide bonds. The fraction of sp³-hybridized carbons (Fsp3) is 0.667. The molecule has 3 nitrogen and oxygen atoms in total. The van der Waals surface area contributed by atoms with Gasteiger partial charge in [-0.15, -0.1) is 11.3 Å². The first kappa shape index (κ1) is 11.7. The molecule has 0 bridgehead atoms. The number of methoxy groups -OCH3 is 2. The van der Waals surface area contributed by atoms with Gasteiger partial charge < -0.3 is 9.47 Å². The third-order valence-electron chi connectivity index (χ3n) is 3.03. The summed E-state index contributed by atoms with van der Waals surface area (Å²) >= 11 is 1.73. The van der Waals surface area contributed by atoms with Crippen molar-refractivity contribution in [2.45, 2.75) is 25.8 Å². The molecule has 0 unspecified atom stereocenters. The summed E-state index contributed by atoms with van der Waals surface area (Å²) in [4.78, 5) is 3.78. The molecule has 1 aliphatic rings. The molecule has 0 spiro atoms. The average molecular weight is 241 g/mol. The van der Waals surface area contributed by atoms with Crippen molar-refractivity contribution in [3.63, 3.8) is 0 Å². The third-order valence-corrected chi connectivity index (χ3v) is 3.96. The van der Waals surface area contributed by atoms with Crippen LogP contribution in [0.2, 0.25) is 0 Å². The van der Waals surface area contributed by atoms with Crippen LogP contribution in [-0.2, 0) is 6.54 Å². The van der Waals surface area contributed by atoms with Crippen molar-refractivity contribution >= 4 is 11.3 Å². The van der Waals surface area contributed by atoms with Crippen molar-refractivity contribution in [3.05, 3.63) is 10.3 Å². The van der Waals surface area contributed by atoms with Crippen molar-refractivity contribution in [1.29, 1.82) is 0 Å². The molecule has 0 aromatic carbocycles. The molecule has 4 heteroatoms. The van der Waals surface area contributed by atoms with E-state index >= 15 is 0 Å². The van der Waals surface area contributed by atoms with Crippen molar-refractivity contribution in [1.82, 2.24) is 4.90 Å². The number of likely N-dealkylation sites (tertiary alicyclic amines) is 1. The van der Waals surface area contributed by atoms with E-state index in [4.69, 9.17) is 9.47 Å². The average Bonchev–Trinajstić information content (AvgIpc) is 2.72. The van der Waals surface area contributed by atoms with Crippen LogP contribution in [0.5, 0.6) is 11.5 Å². The predicted octanol–water partition coefficient (Wildman–Crippen LogP) is 2.75. The first-order valence-electron chi connectivity index (χ1n) is 5.76. The van der Waals surface area contributed by atoms with Crippen LogP contribution in [0.4, 0.5) is 0 Å². The second-order valence-corrected chi connectivity index (χ2v) is 5.06. The van der Waals surface area contributed by atoms with Gasteiger partial charge in [-0.1, -0.05) is 6.42 Å². The van der Waals surface area contributed by atoms with E-state index in [1.54, 1.807) is 25.6 Å². The number of rotatable bonds is 4.